The molecule has 0 fully saturated rings. The van der Waals surface area contributed by atoms with Gasteiger partial charge in [-0.3, -0.25) is 9.59 Å². The van der Waals surface area contributed by atoms with Gasteiger partial charge in [0.2, 0.25) is 5.91 Å². The van der Waals surface area contributed by atoms with Gasteiger partial charge >= 0.3 is 5.97 Å². The van der Waals surface area contributed by atoms with Crippen LogP contribution in [-0.2, 0) is 20.7 Å². The Bertz CT molecular complexity index is 514. The van der Waals surface area contributed by atoms with Gasteiger partial charge in [-0.05, 0) is 30.0 Å². The fraction of sp³-hybridized carbons (Fsp3) is 0.556. The molecule has 0 aliphatic heterocycles. The molecule has 5 heteroatoms. The van der Waals surface area contributed by atoms with Gasteiger partial charge in [-0.1, -0.05) is 32.9 Å². The molecule has 0 aromatic heterocycles. The zero-order valence-corrected chi connectivity index (χ0v) is 14.3. The third kappa shape index (κ3) is 6.80. The van der Waals surface area contributed by atoms with Crippen molar-refractivity contribution >= 4 is 11.9 Å². The average molecular weight is 323 g/mol. The first-order valence-corrected chi connectivity index (χ1v) is 7.93. The molecule has 0 aliphatic rings. The number of carbonyl (C=O) groups excluding carboxylic acids is 2. The third-order valence-electron chi connectivity index (χ3n) is 3.70. The minimum Gasteiger partial charge on any atom is -0.469 e. The summed E-state index contributed by atoms with van der Waals surface area (Å²) in [6, 6.07) is 5.91. The smallest absolute Gasteiger partial charge is 0.310 e. The van der Waals surface area contributed by atoms with Crippen LogP contribution >= 0.6 is 0 Å². The molecule has 0 bridgehead atoms. The van der Waals surface area contributed by atoms with Crippen LogP contribution in [0.1, 0.15) is 32.8 Å². The molecular formula is C18H26FNO3. The minimum atomic E-state index is -0.371. The molecule has 1 atom stereocenters. The molecule has 0 radical (unpaired) electrons. The van der Waals surface area contributed by atoms with E-state index < -0.39 is 0 Å². The molecule has 1 unspecified atom stereocenters. The van der Waals surface area contributed by atoms with E-state index in [2.05, 4.69) is 13.8 Å². The molecular weight excluding hydrogens is 297 g/mol. The van der Waals surface area contributed by atoms with Gasteiger partial charge in [-0.2, -0.15) is 0 Å². The van der Waals surface area contributed by atoms with Crippen LogP contribution in [0.2, 0.25) is 0 Å². The van der Waals surface area contributed by atoms with Crippen molar-refractivity contribution in [2.75, 3.05) is 20.2 Å². The van der Waals surface area contributed by atoms with E-state index in [0.29, 0.717) is 19.0 Å². The summed E-state index contributed by atoms with van der Waals surface area (Å²) in [5.41, 5.74) is 0.761. The second-order valence-electron chi connectivity index (χ2n) is 6.25. The molecule has 23 heavy (non-hydrogen) atoms. The molecule has 1 aromatic carbocycles. The molecule has 0 aliphatic carbocycles. The van der Waals surface area contributed by atoms with Gasteiger partial charge in [-0.25, -0.2) is 4.39 Å². The Morgan fingerprint density at radius 3 is 2.30 bits per heavy atom. The maximum atomic E-state index is 12.9. The highest BCUT2D eigenvalue weighted by Gasteiger charge is 2.21. The van der Waals surface area contributed by atoms with Crippen molar-refractivity contribution in [3.8, 4) is 0 Å². The predicted molar refractivity (Wildman–Crippen MR) is 87.3 cm³/mol. The van der Waals surface area contributed by atoms with Gasteiger partial charge in [0.05, 0.1) is 19.4 Å². The van der Waals surface area contributed by atoms with Crippen molar-refractivity contribution in [2.45, 2.75) is 33.6 Å². The number of methoxy groups -OCH3 is 1. The first kappa shape index (κ1) is 19.1. The van der Waals surface area contributed by atoms with Crippen LogP contribution in [-0.4, -0.2) is 37.0 Å². The predicted octanol–water partition coefficient (Wildman–Crippen LogP) is 3.05. The van der Waals surface area contributed by atoms with Gasteiger partial charge in [-0.15, -0.1) is 0 Å². The van der Waals surface area contributed by atoms with Gasteiger partial charge in [0.1, 0.15) is 5.82 Å². The molecule has 0 N–H and O–H groups in total. The Hall–Kier alpha value is -1.91. The highest BCUT2D eigenvalue weighted by atomic mass is 19.1. The van der Waals surface area contributed by atoms with Crippen molar-refractivity contribution in [3.05, 3.63) is 35.6 Å². The van der Waals surface area contributed by atoms with E-state index in [1.54, 1.807) is 24.0 Å². The van der Waals surface area contributed by atoms with Crippen LogP contribution < -0.4 is 0 Å². The normalized spacial score (nSPS) is 12.1. The Kier molecular flexibility index (Phi) is 7.72. The van der Waals surface area contributed by atoms with E-state index >= 15 is 0 Å². The third-order valence-corrected chi connectivity index (χ3v) is 3.70. The van der Waals surface area contributed by atoms with Gasteiger partial charge in [0.25, 0.3) is 0 Å². The second kappa shape index (κ2) is 9.28. The summed E-state index contributed by atoms with van der Waals surface area (Å²) in [6.45, 7) is 6.86. The van der Waals surface area contributed by atoms with Crippen LogP contribution in [0.3, 0.4) is 0 Å². The van der Waals surface area contributed by atoms with E-state index in [9.17, 15) is 14.0 Å². The van der Waals surface area contributed by atoms with Crippen LogP contribution in [0, 0.1) is 17.7 Å². The zero-order chi connectivity index (χ0) is 17.4. The summed E-state index contributed by atoms with van der Waals surface area (Å²) in [7, 11) is 1.34. The number of nitrogens with zero attached hydrogens (tertiary/aromatic N) is 1. The Morgan fingerprint density at radius 1 is 1.17 bits per heavy atom. The number of halogens is 1. The summed E-state index contributed by atoms with van der Waals surface area (Å²) in [5, 5.41) is 0. The van der Waals surface area contributed by atoms with E-state index in [4.69, 9.17) is 4.74 Å². The fourth-order valence-electron chi connectivity index (χ4n) is 2.23. The van der Waals surface area contributed by atoms with Crippen molar-refractivity contribution in [1.29, 1.82) is 0 Å². The molecule has 4 nitrogen and oxygen atoms in total. The maximum absolute atomic E-state index is 12.9. The summed E-state index contributed by atoms with van der Waals surface area (Å²) in [5.74, 6) is -0.617. The quantitative estimate of drug-likeness (QED) is 0.691. The Morgan fingerprint density at radius 2 is 1.78 bits per heavy atom. The summed E-state index contributed by atoms with van der Waals surface area (Å²) < 4.78 is 17.7. The second-order valence-corrected chi connectivity index (χ2v) is 6.25. The largest absolute Gasteiger partial charge is 0.469 e. The standard InChI is InChI=1S/C18H26FNO3/c1-13(2)9-10-20(12-14(3)18(22)23-4)17(21)11-15-5-7-16(19)8-6-15/h5-8,13-14H,9-12H2,1-4H3. The molecule has 0 saturated carbocycles. The number of hydrogen-bond donors (Lipinski definition) is 0. The molecule has 0 spiro atoms. The monoisotopic (exact) mass is 323 g/mol. The fourth-order valence-corrected chi connectivity index (χ4v) is 2.23. The number of ether oxygens (including phenoxy) is 1. The maximum Gasteiger partial charge on any atom is 0.310 e. The van der Waals surface area contributed by atoms with E-state index in [-0.39, 0.29) is 30.0 Å². The summed E-state index contributed by atoms with van der Waals surface area (Å²) >= 11 is 0. The van der Waals surface area contributed by atoms with E-state index in [0.717, 1.165) is 12.0 Å². The number of rotatable bonds is 8. The molecule has 1 rings (SSSR count). The summed E-state index contributed by atoms with van der Waals surface area (Å²) in [4.78, 5) is 25.8. The van der Waals surface area contributed by atoms with Gasteiger partial charge in [0, 0.05) is 13.1 Å². The van der Waals surface area contributed by atoms with Crippen molar-refractivity contribution < 1.29 is 18.7 Å². The number of amides is 1. The topological polar surface area (TPSA) is 46.6 Å². The van der Waals surface area contributed by atoms with E-state index in [1.807, 2.05) is 0 Å². The number of benzene rings is 1. The molecule has 1 aromatic rings. The molecule has 0 saturated heterocycles. The van der Waals surface area contributed by atoms with Crippen molar-refractivity contribution in [3.63, 3.8) is 0 Å². The number of hydrogen-bond acceptors (Lipinski definition) is 3. The van der Waals surface area contributed by atoms with Crippen LogP contribution in [0.25, 0.3) is 0 Å². The lowest BCUT2D eigenvalue weighted by Crippen LogP contribution is -2.39. The lowest BCUT2D eigenvalue weighted by Gasteiger charge is -2.26. The molecule has 1 amide bonds. The first-order valence-electron chi connectivity index (χ1n) is 7.93. The lowest BCUT2D eigenvalue weighted by atomic mass is 10.1. The van der Waals surface area contributed by atoms with Gasteiger partial charge < -0.3 is 9.64 Å². The van der Waals surface area contributed by atoms with Crippen LogP contribution in [0.15, 0.2) is 24.3 Å². The highest BCUT2D eigenvalue weighted by Crippen LogP contribution is 2.11. The Labute approximate surface area is 137 Å². The van der Waals surface area contributed by atoms with Crippen LogP contribution in [0.4, 0.5) is 4.39 Å². The zero-order valence-electron chi connectivity index (χ0n) is 14.3. The molecule has 0 heterocycles. The SMILES string of the molecule is COC(=O)C(C)CN(CCC(C)C)C(=O)Cc1ccc(F)cc1. The average Bonchev–Trinajstić information content (AvgIpc) is 2.52. The first-order chi connectivity index (χ1) is 10.8. The van der Waals surface area contributed by atoms with Crippen molar-refractivity contribution in [1.82, 2.24) is 4.90 Å². The van der Waals surface area contributed by atoms with Crippen molar-refractivity contribution in [2.24, 2.45) is 11.8 Å². The summed E-state index contributed by atoms with van der Waals surface area (Å²) in [6.07, 6.45) is 1.06. The minimum absolute atomic E-state index is 0.0620. The van der Waals surface area contributed by atoms with Crippen LogP contribution in [0.5, 0.6) is 0 Å². The van der Waals surface area contributed by atoms with Gasteiger partial charge in [0.15, 0.2) is 0 Å². The number of carbonyl (C=O) groups is 2. The molecule has 128 valence electrons. The lowest BCUT2D eigenvalue weighted by molar-refractivity contribution is -0.146. The Balaban J connectivity index is 2.74. The van der Waals surface area contributed by atoms with E-state index in [1.165, 1.54) is 19.2 Å². The number of esters is 1. The highest BCUT2D eigenvalue weighted by molar-refractivity contribution is 5.80.